The van der Waals surface area contributed by atoms with Gasteiger partial charge in [0, 0.05) is 17.8 Å². The molecule has 0 unspecified atom stereocenters. The van der Waals surface area contributed by atoms with E-state index in [1.165, 1.54) is 24.4 Å². The molecule has 0 bridgehead atoms. The minimum Gasteiger partial charge on any atom is -0.478 e. The number of benzene rings is 1. The molecule has 0 atom stereocenters. The number of H-pyrrole nitrogens is 1. The van der Waals surface area contributed by atoms with Gasteiger partial charge in [-0.2, -0.15) is 0 Å². The molecule has 0 aliphatic heterocycles. The van der Waals surface area contributed by atoms with Crippen molar-refractivity contribution in [3.63, 3.8) is 0 Å². The highest BCUT2D eigenvalue weighted by molar-refractivity contribution is 5.87. The summed E-state index contributed by atoms with van der Waals surface area (Å²) in [6.45, 7) is 0. The Balaban J connectivity index is 1.62. The third kappa shape index (κ3) is 3.30. The molecule has 1 aromatic carbocycles. The predicted molar refractivity (Wildman–Crippen MR) is 93.7 cm³/mol. The van der Waals surface area contributed by atoms with Crippen LogP contribution in [-0.2, 0) is 0 Å². The number of nitrogens with zero attached hydrogens (tertiary/aromatic N) is 3. The van der Waals surface area contributed by atoms with Crippen LogP contribution in [0.2, 0.25) is 0 Å². The summed E-state index contributed by atoms with van der Waals surface area (Å²) >= 11 is 0. The number of pyridine rings is 2. The van der Waals surface area contributed by atoms with Crippen molar-refractivity contribution in [1.29, 1.82) is 0 Å². The fraction of sp³-hybridized carbons (Fsp3) is 0. The first-order valence-corrected chi connectivity index (χ1v) is 7.77. The number of rotatable bonds is 4. The van der Waals surface area contributed by atoms with Crippen molar-refractivity contribution in [2.45, 2.75) is 0 Å². The van der Waals surface area contributed by atoms with Crippen LogP contribution in [-0.4, -0.2) is 31.0 Å². The SMILES string of the molecule is O=C(O)c1ccc(Nc2cc3nc(-c4ccc(F)c(F)c4)[nH]c3cn2)nc1. The summed E-state index contributed by atoms with van der Waals surface area (Å²) in [4.78, 5) is 26.5. The Morgan fingerprint density at radius 1 is 1.00 bits per heavy atom. The lowest BCUT2D eigenvalue weighted by molar-refractivity contribution is 0.0696. The Labute approximate surface area is 150 Å². The van der Waals surface area contributed by atoms with Crippen LogP contribution in [0.25, 0.3) is 22.4 Å². The molecule has 0 radical (unpaired) electrons. The number of hydrogen-bond acceptors (Lipinski definition) is 5. The minimum absolute atomic E-state index is 0.0763. The second-order valence-corrected chi connectivity index (χ2v) is 5.66. The van der Waals surface area contributed by atoms with Gasteiger partial charge in [-0.3, -0.25) is 0 Å². The first-order chi connectivity index (χ1) is 13.0. The van der Waals surface area contributed by atoms with E-state index in [9.17, 15) is 13.6 Å². The molecule has 9 heteroatoms. The first-order valence-electron chi connectivity index (χ1n) is 7.77. The Bertz CT molecular complexity index is 1160. The highest BCUT2D eigenvalue weighted by atomic mass is 19.2. The van der Waals surface area contributed by atoms with Crippen LogP contribution < -0.4 is 5.32 Å². The van der Waals surface area contributed by atoms with Gasteiger partial charge in [-0.15, -0.1) is 0 Å². The van der Waals surface area contributed by atoms with Crippen molar-refractivity contribution in [2.75, 3.05) is 5.32 Å². The summed E-state index contributed by atoms with van der Waals surface area (Å²) in [6.07, 6.45) is 2.78. The standard InChI is InChI=1S/C18H11F2N5O2/c19-11-3-1-9(5-12(11)20)17-23-13-6-16(22-8-14(13)24-17)25-15-4-2-10(7-21-15)18(26)27/h1-8H,(H,23,24)(H,26,27)(H,21,22,25). The number of carbonyl (C=O) groups is 1. The molecular weight excluding hydrogens is 356 g/mol. The van der Waals surface area contributed by atoms with Crippen LogP contribution in [0.1, 0.15) is 10.4 Å². The highest BCUT2D eigenvalue weighted by Gasteiger charge is 2.10. The van der Waals surface area contributed by atoms with Gasteiger partial charge < -0.3 is 15.4 Å². The number of aromatic carboxylic acids is 1. The molecule has 0 fully saturated rings. The number of aromatic amines is 1. The van der Waals surface area contributed by atoms with Crippen LogP contribution >= 0.6 is 0 Å². The first kappa shape index (κ1) is 16.6. The van der Waals surface area contributed by atoms with Gasteiger partial charge in [-0.25, -0.2) is 28.5 Å². The van der Waals surface area contributed by atoms with E-state index in [4.69, 9.17) is 5.11 Å². The molecule has 134 valence electrons. The molecule has 0 saturated heterocycles. The van der Waals surface area contributed by atoms with E-state index < -0.39 is 17.6 Å². The van der Waals surface area contributed by atoms with E-state index in [0.29, 0.717) is 34.1 Å². The minimum atomic E-state index is -1.06. The lowest BCUT2D eigenvalue weighted by Gasteiger charge is -2.04. The maximum Gasteiger partial charge on any atom is 0.337 e. The zero-order chi connectivity index (χ0) is 19.0. The Morgan fingerprint density at radius 2 is 1.81 bits per heavy atom. The number of anilines is 2. The molecule has 0 spiro atoms. The van der Waals surface area contributed by atoms with Crippen molar-refractivity contribution in [2.24, 2.45) is 0 Å². The molecule has 4 rings (SSSR count). The number of imidazole rings is 1. The average Bonchev–Trinajstić information content (AvgIpc) is 3.08. The predicted octanol–water partition coefficient (Wildman–Crippen LogP) is 3.74. The fourth-order valence-corrected chi connectivity index (χ4v) is 2.48. The molecule has 0 aliphatic rings. The highest BCUT2D eigenvalue weighted by Crippen LogP contribution is 2.24. The number of halogens is 2. The second-order valence-electron chi connectivity index (χ2n) is 5.66. The number of nitrogens with one attached hydrogen (secondary N) is 2. The Hall–Kier alpha value is -3.88. The summed E-state index contributed by atoms with van der Waals surface area (Å²) in [5.41, 5.74) is 1.67. The molecule has 0 saturated carbocycles. The van der Waals surface area contributed by atoms with E-state index in [1.54, 1.807) is 12.3 Å². The third-order valence-corrected chi connectivity index (χ3v) is 3.83. The molecule has 3 aromatic heterocycles. The number of carboxylic acids is 1. The lowest BCUT2D eigenvalue weighted by Crippen LogP contribution is -2.00. The largest absolute Gasteiger partial charge is 0.478 e. The maximum atomic E-state index is 13.4. The van der Waals surface area contributed by atoms with Crippen molar-refractivity contribution < 1.29 is 18.7 Å². The monoisotopic (exact) mass is 367 g/mol. The summed E-state index contributed by atoms with van der Waals surface area (Å²) < 4.78 is 26.5. The summed E-state index contributed by atoms with van der Waals surface area (Å²) in [5.74, 6) is -1.69. The van der Waals surface area contributed by atoms with Gasteiger partial charge >= 0.3 is 5.97 Å². The van der Waals surface area contributed by atoms with Gasteiger partial charge in [-0.05, 0) is 30.3 Å². The summed E-state index contributed by atoms with van der Waals surface area (Å²) in [7, 11) is 0. The third-order valence-electron chi connectivity index (χ3n) is 3.83. The number of carboxylic acid groups (broad SMARTS) is 1. The van der Waals surface area contributed by atoms with Crippen LogP contribution in [0.4, 0.5) is 20.4 Å². The normalized spacial score (nSPS) is 10.9. The van der Waals surface area contributed by atoms with Gasteiger partial charge in [0.2, 0.25) is 0 Å². The molecule has 4 aromatic rings. The molecule has 7 nitrogen and oxygen atoms in total. The molecule has 27 heavy (non-hydrogen) atoms. The van der Waals surface area contributed by atoms with E-state index in [1.807, 2.05) is 0 Å². The number of hydrogen-bond donors (Lipinski definition) is 3. The molecular formula is C18H11F2N5O2. The zero-order valence-corrected chi connectivity index (χ0v) is 13.6. The van der Waals surface area contributed by atoms with Crippen molar-refractivity contribution in [1.82, 2.24) is 19.9 Å². The fourth-order valence-electron chi connectivity index (χ4n) is 2.48. The lowest BCUT2D eigenvalue weighted by atomic mass is 10.2. The number of fused-ring (bicyclic) bond motifs is 1. The molecule has 0 aliphatic carbocycles. The zero-order valence-electron chi connectivity index (χ0n) is 13.6. The van der Waals surface area contributed by atoms with Crippen molar-refractivity contribution in [3.8, 4) is 11.4 Å². The van der Waals surface area contributed by atoms with Crippen LogP contribution in [0.3, 0.4) is 0 Å². The summed E-state index contributed by atoms with van der Waals surface area (Å²) in [6, 6.07) is 8.13. The molecule has 0 amide bonds. The quantitative estimate of drug-likeness (QED) is 0.508. The van der Waals surface area contributed by atoms with Gasteiger partial charge in [0.1, 0.15) is 17.5 Å². The maximum absolute atomic E-state index is 13.4. The molecule has 3 heterocycles. The molecule has 3 N–H and O–H groups in total. The van der Waals surface area contributed by atoms with Gasteiger partial charge in [0.05, 0.1) is 22.8 Å². The topological polar surface area (TPSA) is 104 Å². The van der Waals surface area contributed by atoms with Crippen molar-refractivity contribution >= 4 is 28.6 Å². The van der Waals surface area contributed by atoms with Gasteiger partial charge in [-0.1, -0.05) is 0 Å². The Morgan fingerprint density at radius 3 is 2.52 bits per heavy atom. The summed E-state index contributed by atoms with van der Waals surface area (Å²) in [5, 5.41) is 11.8. The Kier molecular flexibility index (Phi) is 3.96. The van der Waals surface area contributed by atoms with Crippen LogP contribution in [0, 0.1) is 11.6 Å². The van der Waals surface area contributed by atoms with E-state index >= 15 is 0 Å². The van der Waals surface area contributed by atoms with Gasteiger partial charge in [0.25, 0.3) is 0 Å². The van der Waals surface area contributed by atoms with Crippen LogP contribution in [0.5, 0.6) is 0 Å². The van der Waals surface area contributed by atoms with E-state index in [-0.39, 0.29) is 5.56 Å². The smallest absolute Gasteiger partial charge is 0.337 e. The van der Waals surface area contributed by atoms with Crippen molar-refractivity contribution in [3.05, 3.63) is 66.0 Å². The number of aromatic nitrogens is 4. The van der Waals surface area contributed by atoms with E-state index in [0.717, 1.165) is 12.1 Å². The van der Waals surface area contributed by atoms with Gasteiger partial charge in [0.15, 0.2) is 11.6 Å². The van der Waals surface area contributed by atoms with E-state index in [2.05, 4.69) is 25.3 Å². The second kappa shape index (κ2) is 6.45. The average molecular weight is 367 g/mol. The van der Waals surface area contributed by atoms with Crippen LogP contribution in [0.15, 0.2) is 48.8 Å².